The Morgan fingerprint density at radius 1 is 1.48 bits per heavy atom. The molecule has 112 valence electrons. The van der Waals surface area contributed by atoms with Crippen molar-refractivity contribution in [2.75, 3.05) is 13.2 Å². The van der Waals surface area contributed by atoms with Crippen molar-refractivity contribution in [2.45, 2.75) is 13.0 Å². The number of nitrogens with zero attached hydrogens (tertiary/aromatic N) is 2. The number of nitrogens with one attached hydrogen (secondary N) is 1. The van der Waals surface area contributed by atoms with Gasteiger partial charge in [-0.3, -0.25) is 4.79 Å². The molecular formula is C15H19N3O3. The van der Waals surface area contributed by atoms with E-state index < -0.39 is 6.10 Å². The Bertz CT molecular complexity index is 610. The number of aliphatic hydroxyl groups excluding tert-OH is 1. The van der Waals surface area contributed by atoms with Crippen molar-refractivity contribution in [1.29, 1.82) is 0 Å². The van der Waals surface area contributed by atoms with Gasteiger partial charge in [-0.2, -0.15) is 0 Å². The first kappa shape index (κ1) is 15.1. The third-order valence-corrected chi connectivity index (χ3v) is 3.08. The number of rotatable bonds is 6. The second-order valence-corrected chi connectivity index (χ2v) is 4.56. The van der Waals surface area contributed by atoms with Crippen LogP contribution in [0.5, 0.6) is 5.88 Å². The summed E-state index contributed by atoms with van der Waals surface area (Å²) in [5, 5.41) is 12.8. The Morgan fingerprint density at radius 3 is 2.95 bits per heavy atom. The van der Waals surface area contributed by atoms with Crippen LogP contribution in [0.2, 0.25) is 0 Å². The number of amides is 1. The van der Waals surface area contributed by atoms with Crippen LogP contribution in [0.1, 0.15) is 29.1 Å². The summed E-state index contributed by atoms with van der Waals surface area (Å²) < 4.78 is 7.13. The van der Waals surface area contributed by atoms with Crippen molar-refractivity contribution in [2.24, 2.45) is 7.05 Å². The number of hydrogen-bond acceptors (Lipinski definition) is 4. The maximum absolute atomic E-state index is 12.2. The molecule has 0 aliphatic rings. The second-order valence-electron chi connectivity index (χ2n) is 4.56. The molecule has 1 atom stereocenters. The minimum absolute atomic E-state index is 0.122. The zero-order chi connectivity index (χ0) is 15.2. The summed E-state index contributed by atoms with van der Waals surface area (Å²) in [6.07, 6.45) is 2.65. The molecular weight excluding hydrogens is 270 g/mol. The highest BCUT2D eigenvalue weighted by Gasteiger charge is 2.16. The normalized spacial score (nSPS) is 12.0. The summed E-state index contributed by atoms with van der Waals surface area (Å²) in [6.45, 7) is 2.38. The number of hydrogen-bond donors (Lipinski definition) is 2. The monoisotopic (exact) mass is 289 g/mol. The van der Waals surface area contributed by atoms with Crippen LogP contribution in [0.3, 0.4) is 0 Å². The summed E-state index contributed by atoms with van der Waals surface area (Å²) in [5.74, 6) is -0.0225. The SMILES string of the molecule is CCOc1ncccc1C(=O)NC[C@@H](O)c1cccn1C. The van der Waals surface area contributed by atoms with Gasteiger partial charge in [0, 0.05) is 31.7 Å². The molecule has 0 saturated heterocycles. The van der Waals surface area contributed by atoms with E-state index in [1.54, 1.807) is 18.3 Å². The summed E-state index contributed by atoms with van der Waals surface area (Å²) in [4.78, 5) is 16.2. The molecule has 2 aromatic rings. The van der Waals surface area contributed by atoms with Gasteiger partial charge in [-0.1, -0.05) is 0 Å². The molecule has 0 aliphatic heterocycles. The molecule has 6 heteroatoms. The Morgan fingerprint density at radius 2 is 2.29 bits per heavy atom. The quantitative estimate of drug-likeness (QED) is 0.840. The molecule has 0 bridgehead atoms. The van der Waals surface area contributed by atoms with Crippen LogP contribution < -0.4 is 10.1 Å². The predicted octanol–water partition coefficient (Wildman–Crippen LogP) is 1.28. The smallest absolute Gasteiger partial charge is 0.256 e. The largest absolute Gasteiger partial charge is 0.477 e. The van der Waals surface area contributed by atoms with E-state index in [1.165, 1.54) is 0 Å². The molecule has 0 aromatic carbocycles. The number of aryl methyl sites for hydroxylation is 1. The van der Waals surface area contributed by atoms with Crippen molar-refractivity contribution < 1.29 is 14.6 Å². The second kappa shape index (κ2) is 6.90. The molecule has 2 heterocycles. The Hall–Kier alpha value is -2.34. The van der Waals surface area contributed by atoms with Gasteiger partial charge < -0.3 is 19.7 Å². The Balaban J connectivity index is 2.00. The van der Waals surface area contributed by atoms with Gasteiger partial charge in [-0.25, -0.2) is 4.98 Å². The molecule has 0 saturated carbocycles. The highest BCUT2D eigenvalue weighted by molar-refractivity contribution is 5.96. The molecule has 0 unspecified atom stereocenters. The van der Waals surface area contributed by atoms with Gasteiger partial charge in [0.15, 0.2) is 0 Å². The number of ether oxygens (including phenoxy) is 1. The third-order valence-electron chi connectivity index (χ3n) is 3.08. The maximum Gasteiger partial charge on any atom is 0.256 e. The standard InChI is InChI=1S/C15H19N3O3/c1-3-21-15-11(6-4-8-16-15)14(20)17-10-13(19)12-7-5-9-18(12)2/h4-9,13,19H,3,10H2,1-2H3,(H,17,20)/t13-/m1/s1. The average Bonchev–Trinajstić information content (AvgIpc) is 2.91. The van der Waals surface area contributed by atoms with Crippen molar-refractivity contribution >= 4 is 5.91 Å². The molecule has 2 rings (SSSR count). The van der Waals surface area contributed by atoms with Gasteiger partial charge in [0.05, 0.1) is 6.61 Å². The first-order valence-electron chi connectivity index (χ1n) is 6.78. The maximum atomic E-state index is 12.2. The molecule has 2 N–H and O–H groups in total. The van der Waals surface area contributed by atoms with Gasteiger partial charge in [-0.05, 0) is 31.2 Å². The number of pyridine rings is 1. The highest BCUT2D eigenvalue weighted by atomic mass is 16.5. The lowest BCUT2D eigenvalue weighted by Gasteiger charge is -2.14. The Kier molecular flexibility index (Phi) is 4.94. The zero-order valence-electron chi connectivity index (χ0n) is 12.1. The van der Waals surface area contributed by atoms with Gasteiger partial charge >= 0.3 is 0 Å². The molecule has 2 aromatic heterocycles. The fraction of sp³-hybridized carbons (Fsp3) is 0.333. The van der Waals surface area contributed by atoms with Crippen LogP contribution in [-0.2, 0) is 7.05 Å². The van der Waals surface area contributed by atoms with Crippen molar-refractivity contribution in [3.05, 3.63) is 47.9 Å². The van der Waals surface area contributed by atoms with Crippen LogP contribution in [0.15, 0.2) is 36.7 Å². The highest BCUT2D eigenvalue weighted by Crippen LogP contribution is 2.15. The summed E-state index contributed by atoms with van der Waals surface area (Å²) in [7, 11) is 1.84. The van der Waals surface area contributed by atoms with E-state index in [0.717, 1.165) is 5.69 Å². The van der Waals surface area contributed by atoms with Crippen LogP contribution >= 0.6 is 0 Å². The van der Waals surface area contributed by atoms with E-state index in [0.29, 0.717) is 18.1 Å². The summed E-state index contributed by atoms with van der Waals surface area (Å²) in [5.41, 5.74) is 1.10. The molecule has 0 spiro atoms. The zero-order valence-corrected chi connectivity index (χ0v) is 12.1. The number of carbonyl (C=O) groups excluding carboxylic acids is 1. The Labute approximate surface area is 123 Å². The van der Waals surface area contributed by atoms with E-state index in [4.69, 9.17) is 4.74 Å². The van der Waals surface area contributed by atoms with Gasteiger partial charge in [0.1, 0.15) is 11.7 Å². The topological polar surface area (TPSA) is 76.4 Å². The van der Waals surface area contributed by atoms with Gasteiger partial charge in [0.25, 0.3) is 5.91 Å². The van der Waals surface area contributed by atoms with E-state index in [2.05, 4.69) is 10.3 Å². The fourth-order valence-electron chi connectivity index (χ4n) is 2.03. The third kappa shape index (κ3) is 3.61. The summed E-state index contributed by atoms with van der Waals surface area (Å²) in [6, 6.07) is 6.97. The lowest BCUT2D eigenvalue weighted by Crippen LogP contribution is -2.29. The molecule has 0 aliphatic carbocycles. The number of carbonyl (C=O) groups is 1. The summed E-state index contributed by atoms with van der Waals surface area (Å²) >= 11 is 0. The van der Waals surface area contributed by atoms with E-state index in [1.807, 2.05) is 36.9 Å². The van der Waals surface area contributed by atoms with Crippen LogP contribution in [0.25, 0.3) is 0 Å². The molecule has 1 amide bonds. The number of aromatic nitrogens is 2. The van der Waals surface area contributed by atoms with E-state index in [-0.39, 0.29) is 12.5 Å². The first-order chi connectivity index (χ1) is 10.1. The number of aliphatic hydroxyl groups is 1. The lowest BCUT2D eigenvalue weighted by atomic mass is 10.2. The van der Waals surface area contributed by atoms with Crippen LogP contribution in [0.4, 0.5) is 0 Å². The van der Waals surface area contributed by atoms with E-state index in [9.17, 15) is 9.90 Å². The van der Waals surface area contributed by atoms with E-state index >= 15 is 0 Å². The first-order valence-corrected chi connectivity index (χ1v) is 6.78. The van der Waals surface area contributed by atoms with Crippen molar-refractivity contribution in [3.63, 3.8) is 0 Å². The minimum Gasteiger partial charge on any atom is -0.477 e. The molecule has 6 nitrogen and oxygen atoms in total. The molecule has 0 fully saturated rings. The average molecular weight is 289 g/mol. The minimum atomic E-state index is -0.763. The fourth-order valence-corrected chi connectivity index (χ4v) is 2.03. The lowest BCUT2D eigenvalue weighted by molar-refractivity contribution is 0.0907. The van der Waals surface area contributed by atoms with Gasteiger partial charge in [-0.15, -0.1) is 0 Å². The molecule has 0 radical (unpaired) electrons. The van der Waals surface area contributed by atoms with Gasteiger partial charge in [0.2, 0.25) is 5.88 Å². The van der Waals surface area contributed by atoms with Crippen molar-refractivity contribution in [1.82, 2.24) is 14.9 Å². The predicted molar refractivity (Wildman–Crippen MR) is 78.1 cm³/mol. The van der Waals surface area contributed by atoms with Crippen LogP contribution in [-0.4, -0.2) is 33.7 Å². The molecule has 21 heavy (non-hydrogen) atoms. The van der Waals surface area contributed by atoms with Crippen LogP contribution in [0, 0.1) is 0 Å². The van der Waals surface area contributed by atoms with Crippen molar-refractivity contribution in [3.8, 4) is 5.88 Å².